The van der Waals surface area contributed by atoms with Gasteiger partial charge in [-0.2, -0.15) is 8.78 Å². The smallest absolute Gasteiger partial charge is 0.375 e. The Bertz CT molecular complexity index is 227. The largest absolute Gasteiger partial charge is 0.477 e. The monoisotopic (exact) mass is 209 g/mol. The van der Waals surface area contributed by atoms with E-state index in [1.54, 1.807) is 6.92 Å². The highest BCUT2D eigenvalue weighted by Gasteiger charge is 2.44. The van der Waals surface area contributed by atoms with Crippen molar-refractivity contribution in [2.45, 2.75) is 19.0 Å². The van der Waals surface area contributed by atoms with Crippen LogP contribution in [0.1, 0.15) is 6.92 Å². The number of hydrogen-bond donors (Lipinski definition) is 2. The Kier molecular flexibility index (Phi) is 3.06. The lowest BCUT2D eigenvalue weighted by Crippen LogP contribution is -2.56. The fourth-order valence-electron chi connectivity index (χ4n) is 1.39. The molecule has 1 aliphatic rings. The summed E-state index contributed by atoms with van der Waals surface area (Å²) in [4.78, 5) is 11.4. The summed E-state index contributed by atoms with van der Waals surface area (Å²) in [7, 11) is 0. The number of aliphatic hydroxyl groups excluding tert-OH is 1. The second kappa shape index (κ2) is 3.78. The van der Waals surface area contributed by atoms with Crippen LogP contribution < -0.4 is 0 Å². The minimum absolute atomic E-state index is 0.0143. The standard InChI is InChI=1S/C8H13F2NO3/c1-5(12)6-2-11(3-6)4-8(9,10)7(13)14/h5-6,12H,2-4H2,1H3,(H,13,14). The van der Waals surface area contributed by atoms with Crippen LogP contribution in [0.5, 0.6) is 0 Å². The van der Waals surface area contributed by atoms with Crippen LogP contribution in [0, 0.1) is 5.92 Å². The first-order chi connectivity index (χ1) is 6.33. The van der Waals surface area contributed by atoms with E-state index in [9.17, 15) is 13.6 Å². The maximum Gasteiger partial charge on any atom is 0.375 e. The number of carboxylic acids is 1. The molecular formula is C8H13F2NO3. The quantitative estimate of drug-likeness (QED) is 0.685. The van der Waals surface area contributed by atoms with Crippen molar-refractivity contribution in [2.75, 3.05) is 19.6 Å². The number of carboxylic acid groups (broad SMARTS) is 1. The van der Waals surface area contributed by atoms with Gasteiger partial charge in [-0.15, -0.1) is 0 Å². The number of alkyl halides is 2. The summed E-state index contributed by atoms with van der Waals surface area (Å²) in [5.41, 5.74) is 0. The Labute approximate surface area is 80.1 Å². The highest BCUT2D eigenvalue weighted by molar-refractivity contribution is 5.75. The van der Waals surface area contributed by atoms with Crippen LogP contribution in [0.2, 0.25) is 0 Å². The predicted molar refractivity (Wildman–Crippen MR) is 44.2 cm³/mol. The van der Waals surface area contributed by atoms with Crippen LogP contribution in [-0.4, -0.2) is 52.7 Å². The Morgan fingerprint density at radius 1 is 1.64 bits per heavy atom. The maximum absolute atomic E-state index is 12.6. The molecule has 0 bridgehead atoms. The highest BCUT2D eigenvalue weighted by Crippen LogP contribution is 2.24. The zero-order valence-corrected chi connectivity index (χ0v) is 7.78. The van der Waals surface area contributed by atoms with Gasteiger partial charge in [0.05, 0.1) is 12.6 Å². The van der Waals surface area contributed by atoms with E-state index in [1.807, 2.05) is 0 Å². The SMILES string of the molecule is CC(O)C1CN(CC(F)(F)C(=O)O)C1. The van der Waals surface area contributed by atoms with Crippen molar-refractivity contribution in [2.24, 2.45) is 5.92 Å². The van der Waals surface area contributed by atoms with Gasteiger partial charge in [0.1, 0.15) is 0 Å². The number of aliphatic hydroxyl groups is 1. The normalized spacial score (nSPS) is 21.7. The zero-order chi connectivity index (χ0) is 10.9. The van der Waals surface area contributed by atoms with Crippen molar-refractivity contribution in [3.8, 4) is 0 Å². The molecule has 0 aromatic carbocycles. The first-order valence-electron chi connectivity index (χ1n) is 4.34. The zero-order valence-electron chi connectivity index (χ0n) is 7.78. The average molecular weight is 209 g/mol. The first-order valence-corrected chi connectivity index (χ1v) is 4.34. The van der Waals surface area contributed by atoms with Crippen molar-refractivity contribution in [3.05, 3.63) is 0 Å². The van der Waals surface area contributed by atoms with Crippen molar-refractivity contribution < 1.29 is 23.8 Å². The van der Waals surface area contributed by atoms with Crippen LogP contribution in [0.4, 0.5) is 8.78 Å². The molecule has 1 fully saturated rings. The lowest BCUT2D eigenvalue weighted by molar-refractivity contribution is -0.170. The van der Waals surface area contributed by atoms with Crippen LogP contribution in [-0.2, 0) is 4.79 Å². The number of aliphatic carboxylic acids is 1. The number of hydrogen-bond acceptors (Lipinski definition) is 3. The molecule has 1 saturated heterocycles. The lowest BCUT2D eigenvalue weighted by Gasteiger charge is -2.41. The third kappa shape index (κ3) is 2.39. The molecule has 0 saturated carbocycles. The van der Waals surface area contributed by atoms with Crippen LogP contribution >= 0.6 is 0 Å². The maximum atomic E-state index is 12.6. The van der Waals surface area contributed by atoms with Gasteiger partial charge < -0.3 is 10.2 Å². The molecular weight excluding hydrogens is 196 g/mol. The van der Waals surface area contributed by atoms with Crippen LogP contribution in [0.15, 0.2) is 0 Å². The van der Waals surface area contributed by atoms with Gasteiger partial charge in [-0.05, 0) is 6.92 Å². The summed E-state index contributed by atoms with van der Waals surface area (Å²) in [6.45, 7) is 1.49. The van der Waals surface area contributed by atoms with Gasteiger partial charge >= 0.3 is 11.9 Å². The summed E-state index contributed by atoms with van der Waals surface area (Å²) in [6.07, 6.45) is -0.523. The van der Waals surface area contributed by atoms with E-state index in [4.69, 9.17) is 10.2 Å². The fourth-order valence-corrected chi connectivity index (χ4v) is 1.39. The summed E-state index contributed by atoms with van der Waals surface area (Å²) < 4.78 is 25.3. The molecule has 0 amide bonds. The summed E-state index contributed by atoms with van der Waals surface area (Å²) in [5, 5.41) is 17.2. The molecule has 0 aliphatic carbocycles. The van der Waals surface area contributed by atoms with Gasteiger partial charge in [-0.3, -0.25) is 4.90 Å². The summed E-state index contributed by atoms with van der Waals surface area (Å²) >= 11 is 0. The summed E-state index contributed by atoms with van der Waals surface area (Å²) in [5.74, 6) is -5.80. The van der Waals surface area contributed by atoms with E-state index >= 15 is 0 Å². The van der Waals surface area contributed by atoms with Crippen molar-refractivity contribution in [3.63, 3.8) is 0 Å². The molecule has 2 N–H and O–H groups in total. The molecule has 0 aromatic heterocycles. The lowest BCUT2D eigenvalue weighted by atomic mass is 9.94. The molecule has 6 heteroatoms. The molecule has 0 radical (unpaired) electrons. The molecule has 1 heterocycles. The van der Waals surface area contributed by atoms with Gasteiger partial charge in [-0.25, -0.2) is 4.79 Å². The summed E-state index contributed by atoms with van der Waals surface area (Å²) in [6, 6.07) is 0. The molecule has 0 spiro atoms. The third-order valence-electron chi connectivity index (χ3n) is 2.40. The fraction of sp³-hybridized carbons (Fsp3) is 0.875. The minimum atomic E-state index is -3.69. The minimum Gasteiger partial charge on any atom is -0.477 e. The van der Waals surface area contributed by atoms with Crippen LogP contribution in [0.3, 0.4) is 0 Å². The molecule has 1 aliphatic heterocycles. The van der Waals surface area contributed by atoms with Crippen molar-refractivity contribution in [1.82, 2.24) is 4.90 Å². The molecule has 1 rings (SSSR count). The molecule has 82 valence electrons. The number of likely N-dealkylation sites (tertiary alicyclic amines) is 1. The molecule has 0 aromatic rings. The number of carbonyl (C=O) groups is 1. The molecule has 1 unspecified atom stereocenters. The van der Waals surface area contributed by atoms with Crippen LogP contribution in [0.25, 0.3) is 0 Å². The van der Waals surface area contributed by atoms with E-state index in [2.05, 4.69) is 0 Å². The topological polar surface area (TPSA) is 60.8 Å². The number of nitrogens with zero attached hydrogens (tertiary/aromatic N) is 1. The predicted octanol–water partition coefficient (Wildman–Crippen LogP) is 0.0189. The van der Waals surface area contributed by atoms with Gasteiger partial charge in [-0.1, -0.05) is 0 Å². The first kappa shape index (κ1) is 11.3. The Hall–Kier alpha value is -0.750. The van der Waals surface area contributed by atoms with E-state index in [0.29, 0.717) is 13.1 Å². The third-order valence-corrected chi connectivity index (χ3v) is 2.40. The van der Waals surface area contributed by atoms with Gasteiger partial charge in [0.25, 0.3) is 0 Å². The van der Waals surface area contributed by atoms with Gasteiger partial charge in [0, 0.05) is 19.0 Å². The Balaban J connectivity index is 2.32. The van der Waals surface area contributed by atoms with Gasteiger partial charge in [0.15, 0.2) is 0 Å². The van der Waals surface area contributed by atoms with E-state index < -0.39 is 24.5 Å². The second-order valence-corrected chi connectivity index (χ2v) is 3.70. The second-order valence-electron chi connectivity index (χ2n) is 3.70. The average Bonchev–Trinajstić information content (AvgIpc) is 1.94. The van der Waals surface area contributed by atoms with Crippen molar-refractivity contribution in [1.29, 1.82) is 0 Å². The Morgan fingerprint density at radius 3 is 2.50 bits per heavy atom. The Morgan fingerprint density at radius 2 is 2.14 bits per heavy atom. The van der Waals surface area contributed by atoms with E-state index in [1.165, 1.54) is 4.90 Å². The molecule has 1 atom stereocenters. The molecule has 4 nitrogen and oxygen atoms in total. The van der Waals surface area contributed by atoms with Crippen molar-refractivity contribution >= 4 is 5.97 Å². The highest BCUT2D eigenvalue weighted by atomic mass is 19.3. The van der Waals surface area contributed by atoms with E-state index in [0.717, 1.165) is 0 Å². The van der Waals surface area contributed by atoms with Gasteiger partial charge in [0.2, 0.25) is 0 Å². The molecule has 14 heavy (non-hydrogen) atoms. The number of halogens is 2. The number of rotatable bonds is 4. The van der Waals surface area contributed by atoms with E-state index in [-0.39, 0.29) is 5.92 Å².